The van der Waals surface area contributed by atoms with E-state index < -0.39 is 6.10 Å². The first-order valence-corrected chi connectivity index (χ1v) is 5.44. The maximum Gasteiger partial charge on any atom is 0.258 e. The monoisotopic (exact) mass is 237 g/mol. The van der Waals surface area contributed by atoms with Crippen molar-refractivity contribution < 1.29 is 19.4 Å². The van der Waals surface area contributed by atoms with Gasteiger partial charge in [-0.05, 0) is 24.3 Å². The van der Waals surface area contributed by atoms with Gasteiger partial charge in [-0.2, -0.15) is 0 Å². The van der Waals surface area contributed by atoms with Crippen LogP contribution in [-0.2, 0) is 9.53 Å². The molecule has 1 aromatic rings. The van der Waals surface area contributed by atoms with Gasteiger partial charge in [-0.3, -0.25) is 4.79 Å². The van der Waals surface area contributed by atoms with Crippen LogP contribution in [0.15, 0.2) is 24.3 Å². The molecule has 1 heterocycles. The number of rotatable bonds is 3. The van der Waals surface area contributed by atoms with E-state index in [-0.39, 0.29) is 12.5 Å². The number of ether oxygens (including phenoxy) is 2. The van der Waals surface area contributed by atoms with E-state index in [1.54, 1.807) is 24.1 Å². The summed E-state index contributed by atoms with van der Waals surface area (Å²) in [6.07, 6.45) is -0.745. The summed E-state index contributed by atoms with van der Waals surface area (Å²) in [4.78, 5) is 13.5. The highest BCUT2D eigenvalue weighted by atomic mass is 16.5. The predicted octanol–water partition coefficient (Wildman–Crippen LogP) is 0.419. The Hall–Kier alpha value is -1.59. The maximum absolute atomic E-state index is 11.9. The Bertz CT molecular complexity index is 390. The molecule has 1 saturated heterocycles. The first kappa shape index (κ1) is 11.9. The van der Waals surface area contributed by atoms with E-state index in [2.05, 4.69) is 0 Å². The third kappa shape index (κ3) is 2.40. The van der Waals surface area contributed by atoms with E-state index in [4.69, 9.17) is 14.6 Å². The van der Waals surface area contributed by atoms with Gasteiger partial charge in [0.25, 0.3) is 5.91 Å². The van der Waals surface area contributed by atoms with Crippen LogP contribution in [-0.4, -0.2) is 44.0 Å². The van der Waals surface area contributed by atoms with Crippen LogP contribution < -0.4 is 9.64 Å². The molecule has 5 heteroatoms. The standard InChI is InChI=1S/C12H15NO4/c1-16-10-4-2-9(3-5-10)13-6-7-17-11(8-14)12(13)15/h2-5,11,14H,6-8H2,1H3. The van der Waals surface area contributed by atoms with E-state index in [0.717, 1.165) is 11.4 Å². The van der Waals surface area contributed by atoms with E-state index >= 15 is 0 Å². The van der Waals surface area contributed by atoms with Gasteiger partial charge in [0.1, 0.15) is 5.75 Å². The lowest BCUT2D eigenvalue weighted by molar-refractivity contribution is -0.136. The van der Waals surface area contributed by atoms with Crippen molar-refractivity contribution in [1.29, 1.82) is 0 Å². The number of nitrogens with zero attached hydrogens (tertiary/aromatic N) is 1. The van der Waals surface area contributed by atoms with Gasteiger partial charge in [-0.25, -0.2) is 0 Å². The Balaban J connectivity index is 2.17. The minimum absolute atomic E-state index is 0.205. The first-order chi connectivity index (χ1) is 8.26. The van der Waals surface area contributed by atoms with E-state index in [1.165, 1.54) is 0 Å². The normalized spacial score (nSPS) is 20.5. The van der Waals surface area contributed by atoms with Crippen molar-refractivity contribution in [3.05, 3.63) is 24.3 Å². The number of aliphatic hydroxyl groups is 1. The third-order valence-corrected chi connectivity index (χ3v) is 2.73. The Morgan fingerprint density at radius 3 is 2.76 bits per heavy atom. The van der Waals surface area contributed by atoms with Crippen molar-refractivity contribution in [2.45, 2.75) is 6.10 Å². The van der Waals surface area contributed by atoms with Crippen molar-refractivity contribution in [1.82, 2.24) is 0 Å². The highest BCUT2D eigenvalue weighted by molar-refractivity contribution is 5.97. The fraction of sp³-hybridized carbons (Fsp3) is 0.417. The molecule has 92 valence electrons. The lowest BCUT2D eigenvalue weighted by Crippen LogP contribution is -2.49. The molecular formula is C12H15NO4. The number of carbonyl (C=O) groups is 1. The minimum atomic E-state index is -0.745. The average Bonchev–Trinajstić information content (AvgIpc) is 2.39. The van der Waals surface area contributed by atoms with Crippen molar-refractivity contribution in [3.8, 4) is 5.75 Å². The second kappa shape index (κ2) is 5.16. The van der Waals surface area contributed by atoms with Crippen LogP contribution >= 0.6 is 0 Å². The number of hydrogen-bond donors (Lipinski definition) is 1. The lowest BCUT2D eigenvalue weighted by Gasteiger charge is -2.31. The Labute approximate surface area is 99.6 Å². The number of amides is 1. The zero-order chi connectivity index (χ0) is 12.3. The summed E-state index contributed by atoms with van der Waals surface area (Å²) in [6, 6.07) is 7.23. The summed E-state index contributed by atoms with van der Waals surface area (Å²) >= 11 is 0. The molecule has 1 fully saturated rings. The van der Waals surface area contributed by atoms with Gasteiger partial charge >= 0.3 is 0 Å². The Morgan fingerprint density at radius 2 is 2.18 bits per heavy atom. The zero-order valence-electron chi connectivity index (χ0n) is 9.63. The predicted molar refractivity (Wildman–Crippen MR) is 62.2 cm³/mol. The van der Waals surface area contributed by atoms with Crippen molar-refractivity contribution in [3.63, 3.8) is 0 Å². The Morgan fingerprint density at radius 1 is 1.47 bits per heavy atom. The third-order valence-electron chi connectivity index (χ3n) is 2.73. The van der Waals surface area contributed by atoms with E-state index in [1.807, 2.05) is 12.1 Å². The number of methoxy groups -OCH3 is 1. The van der Waals surface area contributed by atoms with Gasteiger partial charge in [0.2, 0.25) is 0 Å². The number of carbonyl (C=O) groups excluding carboxylic acids is 1. The molecule has 1 amide bonds. The van der Waals surface area contributed by atoms with Crippen LogP contribution in [0.3, 0.4) is 0 Å². The lowest BCUT2D eigenvalue weighted by atomic mass is 10.2. The van der Waals surface area contributed by atoms with Crippen molar-refractivity contribution in [2.24, 2.45) is 0 Å². The number of morpholine rings is 1. The summed E-state index contributed by atoms with van der Waals surface area (Å²) in [5.41, 5.74) is 0.789. The highest BCUT2D eigenvalue weighted by Gasteiger charge is 2.29. The molecule has 2 rings (SSSR count). The van der Waals surface area contributed by atoms with Crippen LogP contribution in [0.25, 0.3) is 0 Å². The number of hydrogen-bond acceptors (Lipinski definition) is 4. The molecule has 1 N–H and O–H groups in total. The molecule has 1 unspecified atom stereocenters. The second-order valence-electron chi connectivity index (χ2n) is 3.73. The summed E-state index contributed by atoms with van der Waals surface area (Å²) in [5, 5.41) is 9.02. The summed E-state index contributed by atoms with van der Waals surface area (Å²) in [5.74, 6) is 0.539. The van der Waals surface area contributed by atoms with Crippen molar-refractivity contribution in [2.75, 3.05) is 31.8 Å². The molecular weight excluding hydrogens is 222 g/mol. The molecule has 1 aromatic carbocycles. The molecule has 0 aliphatic carbocycles. The highest BCUT2D eigenvalue weighted by Crippen LogP contribution is 2.21. The van der Waals surface area contributed by atoms with Gasteiger partial charge in [0.15, 0.2) is 6.10 Å². The van der Waals surface area contributed by atoms with Crippen LogP contribution in [0.2, 0.25) is 0 Å². The van der Waals surface area contributed by atoms with Gasteiger partial charge in [-0.15, -0.1) is 0 Å². The van der Waals surface area contributed by atoms with Gasteiger partial charge in [-0.1, -0.05) is 0 Å². The average molecular weight is 237 g/mol. The van der Waals surface area contributed by atoms with E-state index in [9.17, 15) is 4.79 Å². The summed E-state index contributed by atoms with van der Waals surface area (Å²) < 4.78 is 10.2. The number of anilines is 1. The van der Waals surface area contributed by atoms with Gasteiger partial charge in [0.05, 0.1) is 20.3 Å². The van der Waals surface area contributed by atoms with Gasteiger partial charge in [0, 0.05) is 12.2 Å². The zero-order valence-corrected chi connectivity index (χ0v) is 9.63. The molecule has 1 aliphatic rings. The fourth-order valence-corrected chi connectivity index (χ4v) is 1.79. The van der Waals surface area contributed by atoms with Crippen LogP contribution in [0, 0.1) is 0 Å². The number of benzene rings is 1. The molecule has 0 aromatic heterocycles. The molecule has 1 aliphatic heterocycles. The smallest absolute Gasteiger partial charge is 0.258 e. The molecule has 0 spiro atoms. The van der Waals surface area contributed by atoms with E-state index in [0.29, 0.717) is 13.2 Å². The van der Waals surface area contributed by atoms with Crippen LogP contribution in [0.1, 0.15) is 0 Å². The van der Waals surface area contributed by atoms with Crippen LogP contribution in [0.5, 0.6) is 5.75 Å². The second-order valence-corrected chi connectivity index (χ2v) is 3.73. The van der Waals surface area contributed by atoms with Crippen molar-refractivity contribution >= 4 is 11.6 Å². The largest absolute Gasteiger partial charge is 0.497 e. The molecule has 0 saturated carbocycles. The van der Waals surface area contributed by atoms with Crippen LogP contribution in [0.4, 0.5) is 5.69 Å². The molecule has 0 bridgehead atoms. The Kier molecular flexibility index (Phi) is 3.61. The first-order valence-electron chi connectivity index (χ1n) is 5.44. The van der Waals surface area contributed by atoms with Gasteiger partial charge < -0.3 is 19.5 Å². The SMILES string of the molecule is COc1ccc(N2CCOC(CO)C2=O)cc1. The quantitative estimate of drug-likeness (QED) is 0.827. The maximum atomic E-state index is 11.9. The minimum Gasteiger partial charge on any atom is -0.497 e. The molecule has 17 heavy (non-hydrogen) atoms. The summed E-state index contributed by atoms with van der Waals surface area (Å²) in [7, 11) is 1.59. The summed E-state index contributed by atoms with van der Waals surface area (Å²) in [6.45, 7) is 0.649. The molecule has 5 nitrogen and oxygen atoms in total. The fourth-order valence-electron chi connectivity index (χ4n) is 1.79. The molecule has 0 radical (unpaired) electrons. The number of aliphatic hydroxyl groups excluding tert-OH is 1. The topological polar surface area (TPSA) is 59.0 Å². The molecule has 1 atom stereocenters.